The minimum atomic E-state index is 0.884. The fourth-order valence-electron chi connectivity index (χ4n) is 0.851. The topological polar surface area (TPSA) is 28.7 Å². The SMILES string of the molecule is C=C(C)Cc1nc[nH]c1C. The second kappa shape index (κ2) is 2.69. The van der Waals surface area contributed by atoms with Gasteiger partial charge in [-0.25, -0.2) is 4.98 Å². The van der Waals surface area contributed by atoms with E-state index in [0.29, 0.717) is 0 Å². The molecule has 2 nitrogen and oxygen atoms in total. The number of H-pyrrole nitrogens is 1. The number of aromatic nitrogens is 2. The number of aryl methyl sites for hydroxylation is 1. The molecule has 0 fully saturated rings. The largest absolute Gasteiger partial charge is 0.348 e. The molecule has 0 aliphatic rings. The lowest BCUT2D eigenvalue weighted by atomic mass is 10.2. The van der Waals surface area contributed by atoms with Crippen LogP contribution in [-0.4, -0.2) is 9.97 Å². The molecule has 10 heavy (non-hydrogen) atoms. The van der Waals surface area contributed by atoms with E-state index in [1.54, 1.807) is 6.33 Å². The van der Waals surface area contributed by atoms with Crippen LogP contribution in [0.2, 0.25) is 0 Å². The second-order valence-corrected chi connectivity index (χ2v) is 2.61. The third kappa shape index (κ3) is 1.47. The number of imidazole rings is 1. The van der Waals surface area contributed by atoms with Crippen molar-refractivity contribution in [1.29, 1.82) is 0 Å². The molecule has 1 rings (SSSR count). The quantitative estimate of drug-likeness (QED) is 0.617. The lowest BCUT2D eigenvalue weighted by Gasteiger charge is -1.94. The van der Waals surface area contributed by atoms with Gasteiger partial charge >= 0.3 is 0 Å². The molecule has 0 saturated heterocycles. The fourth-order valence-corrected chi connectivity index (χ4v) is 0.851. The Morgan fingerprint density at radius 3 is 2.90 bits per heavy atom. The van der Waals surface area contributed by atoms with Crippen molar-refractivity contribution in [3.63, 3.8) is 0 Å². The molecule has 0 saturated carbocycles. The third-order valence-electron chi connectivity index (χ3n) is 1.40. The molecule has 1 aromatic rings. The van der Waals surface area contributed by atoms with Gasteiger partial charge in [0, 0.05) is 12.1 Å². The van der Waals surface area contributed by atoms with Crippen LogP contribution in [0.15, 0.2) is 18.5 Å². The maximum atomic E-state index is 4.14. The van der Waals surface area contributed by atoms with Gasteiger partial charge in [-0.2, -0.15) is 0 Å². The van der Waals surface area contributed by atoms with Crippen molar-refractivity contribution in [2.75, 3.05) is 0 Å². The monoisotopic (exact) mass is 136 g/mol. The van der Waals surface area contributed by atoms with Crippen molar-refractivity contribution in [3.8, 4) is 0 Å². The van der Waals surface area contributed by atoms with Crippen LogP contribution in [0.5, 0.6) is 0 Å². The third-order valence-corrected chi connectivity index (χ3v) is 1.40. The van der Waals surface area contributed by atoms with Crippen LogP contribution in [0, 0.1) is 6.92 Å². The molecule has 0 amide bonds. The zero-order valence-electron chi connectivity index (χ0n) is 6.44. The molecule has 1 aromatic heterocycles. The minimum Gasteiger partial charge on any atom is -0.348 e. The average Bonchev–Trinajstić information content (AvgIpc) is 2.15. The van der Waals surface area contributed by atoms with Crippen molar-refractivity contribution < 1.29 is 0 Å². The van der Waals surface area contributed by atoms with Gasteiger partial charge in [0.25, 0.3) is 0 Å². The molecule has 0 bridgehead atoms. The maximum Gasteiger partial charge on any atom is 0.0925 e. The van der Waals surface area contributed by atoms with Crippen LogP contribution in [-0.2, 0) is 6.42 Å². The normalized spacial score (nSPS) is 9.80. The molecule has 54 valence electrons. The molecule has 1 heterocycles. The molecule has 0 unspecified atom stereocenters. The van der Waals surface area contributed by atoms with Gasteiger partial charge in [0.2, 0.25) is 0 Å². The molecule has 1 N–H and O–H groups in total. The Kier molecular flexibility index (Phi) is 1.90. The highest BCUT2D eigenvalue weighted by Crippen LogP contribution is 2.05. The number of nitrogens with one attached hydrogen (secondary N) is 1. The number of nitrogens with zero attached hydrogens (tertiary/aromatic N) is 1. The summed E-state index contributed by atoms with van der Waals surface area (Å²) in [6, 6.07) is 0. The predicted molar refractivity (Wildman–Crippen MR) is 41.8 cm³/mol. The summed E-state index contributed by atoms with van der Waals surface area (Å²) >= 11 is 0. The molecule has 0 spiro atoms. The van der Waals surface area contributed by atoms with E-state index in [4.69, 9.17) is 0 Å². The van der Waals surface area contributed by atoms with E-state index in [2.05, 4.69) is 16.5 Å². The highest BCUT2D eigenvalue weighted by Gasteiger charge is 1.98. The fraction of sp³-hybridized carbons (Fsp3) is 0.375. The smallest absolute Gasteiger partial charge is 0.0925 e. The van der Waals surface area contributed by atoms with Gasteiger partial charge in [-0.1, -0.05) is 12.2 Å². The summed E-state index contributed by atoms with van der Waals surface area (Å²) in [5.74, 6) is 0. The highest BCUT2D eigenvalue weighted by atomic mass is 14.9. The predicted octanol–water partition coefficient (Wildman–Crippen LogP) is 1.84. The van der Waals surface area contributed by atoms with Crippen molar-refractivity contribution in [1.82, 2.24) is 9.97 Å². The van der Waals surface area contributed by atoms with Crippen molar-refractivity contribution in [2.45, 2.75) is 20.3 Å². The van der Waals surface area contributed by atoms with E-state index in [1.807, 2.05) is 13.8 Å². The standard InChI is InChI=1S/C8H12N2/c1-6(2)4-8-7(3)9-5-10-8/h5H,1,4H2,2-3H3,(H,9,10). The summed E-state index contributed by atoms with van der Waals surface area (Å²) in [5, 5.41) is 0. The highest BCUT2D eigenvalue weighted by molar-refractivity contribution is 5.15. The molecule has 0 aliphatic heterocycles. The van der Waals surface area contributed by atoms with E-state index in [1.165, 1.54) is 0 Å². The first-order valence-electron chi connectivity index (χ1n) is 3.33. The first-order valence-corrected chi connectivity index (χ1v) is 3.33. The lowest BCUT2D eigenvalue weighted by Crippen LogP contribution is -1.88. The van der Waals surface area contributed by atoms with E-state index in [-0.39, 0.29) is 0 Å². The summed E-state index contributed by atoms with van der Waals surface area (Å²) in [4.78, 5) is 7.16. The number of hydrogen-bond acceptors (Lipinski definition) is 1. The number of aromatic amines is 1. The van der Waals surface area contributed by atoms with Gasteiger partial charge in [-0.05, 0) is 13.8 Å². The van der Waals surface area contributed by atoms with Gasteiger partial charge in [-0.15, -0.1) is 0 Å². The van der Waals surface area contributed by atoms with E-state index in [0.717, 1.165) is 23.4 Å². The number of rotatable bonds is 2. The van der Waals surface area contributed by atoms with Crippen molar-refractivity contribution in [2.24, 2.45) is 0 Å². The van der Waals surface area contributed by atoms with Crippen LogP contribution < -0.4 is 0 Å². The molecule has 0 radical (unpaired) electrons. The Morgan fingerprint density at radius 1 is 1.80 bits per heavy atom. The summed E-state index contributed by atoms with van der Waals surface area (Å²) < 4.78 is 0. The van der Waals surface area contributed by atoms with Gasteiger partial charge in [-0.3, -0.25) is 0 Å². The molecule has 2 heteroatoms. The van der Waals surface area contributed by atoms with Crippen molar-refractivity contribution in [3.05, 3.63) is 29.9 Å². The molecule has 0 aromatic carbocycles. The van der Waals surface area contributed by atoms with Gasteiger partial charge < -0.3 is 4.98 Å². The van der Waals surface area contributed by atoms with Gasteiger partial charge in [0.05, 0.1) is 12.0 Å². The van der Waals surface area contributed by atoms with Gasteiger partial charge in [0.1, 0.15) is 0 Å². The van der Waals surface area contributed by atoms with Crippen LogP contribution in [0.4, 0.5) is 0 Å². The second-order valence-electron chi connectivity index (χ2n) is 2.61. The van der Waals surface area contributed by atoms with E-state index < -0.39 is 0 Å². The van der Waals surface area contributed by atoms with E-state index in [9.17, 15) is 0 Å². The summed E-state index contributed by atoms with van der Waals surface area (Å²) in [5.41, 5.74) is 3.39. The Labute approximate surface area is 61.0 Å². The number of hydrogen-bond donors (Lipinski definition) is 1. The minimum absolute atomic E-state index is 0.884. The Balaban J connectivity index is 2.74. The number of allylic oxidation sites excluding steroid dienone is 1. The maximum absolute atomic E-state index is 4.14. The van der Waals surface area contributed by atoms with Crippen LogP contribution >= 0.6 is 0 Å². The summed E-state index contributed by atoms with van der Waals surface area (Å²) in [6.45, 7) is 7.84. The zero-order valence-corrected chi connectivity index (χ0v) is 6.44. The van der Waals surface area contributed by atoms with Crippen molar-refractivity contribution >= 4 is 0 Å². The molecular formula is C8H12N2. The molecular weight excluding hydrogens is 124 g/mol. The van der Waals surface area contributed by atoms with Gasteiger partial charge in [0.15, 0.2) is 0 Å². The van der Waals surface area contributed by atoms with Crippen LogP contribution in [0.1, 0.15) is 18.3 Å². The lowest BCUT2D eigenvalue weighted by molar-refractivity contribution is 1.06. The Bertz CT molecular complexity index is 235. The first kappa shape index (κ1) is 7.06. The van der Waals surface area contributed by atoms with E-state index >= 15 is 0 Å². The summed E-state index contributed by atoms with van der Waals surface area (Å²) in [7, 11) is 0. The van der Waals surface area contributed by atoms with Crippen LogP contribution in [0.3, 0.4) is 0 Å². The Morgan fingerprint density at radius 2 is 2.50 bits per heavy atom. The Hall–Kier alpha value is -1.05. The zero-order chi connectivity index (χ0) is 7.56. The molecule has 0 aliphatic carbocycles. The molecule has 0 atom stereocenters. The first-order chi connectivity index (χ1) is 4.70. The average molecular weight is 136 g/mol. The van der Waals surface area contributed by atoms with Crippen LogP contribution in [0.25, 0.3) is 0 Å². The summed E-state index contributed by atoms with van der Waals surface area (Å²) in [6.07, 6.45) is 2.60.